The normalized spacial score (nSPS) is 21.0. The lowest BCUT2D eigenvalue weighted by Gasteiger charge is -2.18. The number of anilines is 1. The van der Waals surface area contributed by atoms with Crippen LogP contribution in [0.2, 0.25) is 0 Å². The van der Waals surface area contributed by atoms with Crippen LogP contribution < -0.4 is 10.2 Å². The Hall–Kier alpha value is -1.84. The average molecular weight is 232 g/mol. The van der Waals surface area contributed by atoms with E-state index >= 15 is 0 Å². The van der Waals surface area contributed by atoms with Gasteiger partial charge in [-0.2, -0.15) is 0 Å². The Morgan fingerprint density at radius 3 is 2.65 bits per heavy atom. The monoisotopic (exact) mass is 232 g/mol. The van der Waals surface area contributed by atoms with Crippen molar-refractivity contribution in [1.82, 2.24) is 5.32 Å². The van der Waals surface area contributed by atoms with Gasteiger partial charge in [0.2, 0.25) is 5.91 Å². The molecule has 1 aliphatic heterocycles. The summed E-state index contributed by atoms with van der Waals surface area (Å²) in [4.78, 5) is 25.2. The smallest absolute Gasteiger partial charge is 0.328 e. The molecular weight excluding hydrogens is 216 g/mol. The van der Waals surface area contributed by atoms with Gasteiger partial charge in [-0.25, -0.2) is 9.69 Å². The molecule has 0 radical (unpaired) electrons. The van der Waals surface area contributed by atoms with E-state index in [1.54, 1.807) is 12.1 Å². The number of amides is 3. The Morgan fingerprint density at radius 2 is 2.00 bits per heavy atom. The average Bonchev–Trinajstić information content (AvgIpc) is 2.49. The SMILES string of the molecule is CCC1CNC(=O)N(c2ccccc2)C(=O)C1. The van der Waals surface area contributed by atoms with Crippen molar-refractivity contribution in [3.05, 3.63) is 30.3 Å². The molecule has 1 fully saturated rings. The molecule has 1 aliphatic rings. The maximum absolute atomic E-state index is 12.1. The lowest BCUT2D eigenvalue weighted by Crippen LogP contribution is -2.41. The van der Waals surface area contributed by atoms with E-state index in [2.05, 4.69) is 5.32 Å². The zero-order valence-corrected chi connectivity index (χ0v) is 9.85. The summed E-state index contributed by atoms with van der Waals surface area (Å²) in [6.07, 6.45) is 1.32. The number of hydrogen-bond acceptors (Lipinski definition) is 2. The molecule has 0 spiro atoms. The molecule has 0 saturated carbocycles. The van der Waals surface area contributed by atoms with E-state index < -0.39 is 0 Å². The number of imide groups is 1. The van der Waals surface area contributed by atoms with E-state index in [-0.39, 0.29) is 17.9 Å². The van der Waals surface area contributed by atoms with Crippen molar-refractivity contribution in [1.29, 1.82) is 0 Å². The molecule has 1 aromatic carbocycles. The first-order chi connectivity index (χ1) is 8.22. The second kappa shape index (κ2) is 4.99. The summed E-state index contributed by atoms with van der Waals surface area (Å²) >= 11 is 0. The molecule has 2 rings (SSSR count). The molecule has 1 atom stereocenters. The number of nitrogens with one attached hydrogen (secondary N) is 1. The predicted molar refractivity (Wildman–Crippen MR) is 65.7 cm³/mol. The Labute approximate surface area is 101 Å². The van der Waals surface area contributed by atoms with Crippen LogP contribution >= 0.6 is 0 Å². The molecule has 3 amide bonds. The quantitative estimate of drug-likeness (QED) is 0.849. The minimum absolute atomic E-state index is 0.127. The lowest BCUT2D eigenvalue weighted by atomic mass is 10.0. The Balaban J connectivity index is 2.26. The number of rotatable bonds is 2. The molecule has 0 bridgehead atoms. The van der Waals surface area contributed by atoms with Crippen LogP contribution in [0.15, 0.2) is 30.3 Å². The van der Waals surface area contributed by atoms with Crippen LogP contribution in [0.1, 0.15) is 19.8 Å². The van der Waals surface area contributed by atoms with Crippen molar-refractivity contribution in [2.24, 2.45) is 5.92 Å². The van der Waals surface area contributed by atoms with Gasteiger partial charge in [-0.15, -0.1) is 0 Å². The molecule has 1 N–H and O–H groups in total. The number of hydrogen-bond donors (Lipinski definition) is 1. The zero-order chi connectivity index (χ0) is 12.3. The van der Waals surface area contributed by atoms with Crippen molar-refractivity contribution in [3.8, 4) is 0 Å². The first kappa shape index (κ1) is 11.6. The molecule has 1 heterocycles. The summed E-state index contributed by atoms with van der Waals surface area (Å²) in [5, 5.41) is 2.79. The fraction of sp³-hybridized carbons (Fsp3) is 0.385. The zero-order valence-electron chi connectivity index (χ0n) is 9.85. The number of urea groups is 1. The van der Waals surface area contributed by atoms with E-state index in [1.807, 2.05) is 25.1 Å². The fourth-order valence-corrected chi connectivity index (χ4v) is 1.96. The summed E-state index contributed by atoms with van der Waals surface area (Å²) < 4.78 is 0. The summed E-state index contributed by atoms with van der Waals surface area (Å²) in [5.41, 5.74) is 0.631. The van der Waals surface area contributed by atoms with Gasteiger partial charge in [-0.05, 0) is 18.1 Å². The van der Waals surface area contributed by atoms with Crippen LogP contribution in [-0.2, 0) is 4.79 Å². The van der Waals surface area contributed by atoms with Crippen LogP contribution in [0.25, 0.3) is 0 Å². The topological polar surface area (TPSA) is 49.4 Å². The van der Waals surface area contributed by atoms with Gasteiger partial charge in [0.25, 0.3) is 0 Å². The number of carbonyl (C=O) groups excluding carboxylic acids is 2. The maximum Gasteiger partial charge on any atom is 0.328 e. The number of para-hydroxylation sites is 1. The predicted octanol–water partition coefficient (Wildman–Crippen LogP) is 2.16. The third kappa shape index (κ3) is 2.46. The highest BCUT2D eigenvalue weighted by Gasteiger charge is 2.29. The van der Waals surface area contributed by atoms with Gasteiger partial charge < -0.3 is 5.32 Å². The highest BCUT2D eigenvalue weighted by atomic mass is 16.2. The van der Waals surface area contributed by atoms with Crippen LogP contribution in [0.4, 0.5) is 10.5 Å². The summed E-state index contributed by atoms with van der Waals surface area (Å²) in [5.74, 6) is 0.109. The molecule has 1 unspecified atom stereocenters. The lowest BCUT2D eigenvalue weighted by molar-refractivity contribution is -0.118. The van der Waals surface area contributed by atoms with E-state index in [9.17, 15) is 9.59 Å². The van der Waals surface area contributed by atoms with Crippen LogP contribution in [0.3, 0.4) is 0 Å². The van der Waals surface area contributed by atoms with Gasteiger partial charge in [0.1, 0.15) is 0 Å². The van der Waals surface area contributed by atoms with Crippen molar-refractivity contribution in [2.45, 2.75) is 19.8 Å². The van der Waals surface area contributed by atoms with Crippen LogP contribution in [0, 0.1) is 5.92 Å². The first-order valence-corrected chi connectivity index (χ1v) is 5.88. The molecule has 0 aliphatic carbocycles. The van der Waals surface area contributed by atoms with Crippen molar-refractivity contribution < 1.29 is 9.59 Å². The number of benzene rings is 1. The van der Waals surface area contributed by atoms with Gasteiger partial charge in [0.15, 0.2) is 0 Å². The molecule has 17 heavy (non-hydrogen) atoms. The maximum atomic E-state index is 12.1. The Morgan fingerprint density at radius 1 is 1.29 bits per heavy atom. The third-order valence-electron chi connectivity index (χ3n) is 3.05. The molecular formula is C13H16N2O2. The van der Waals surface area contributed by atoms with Crippen LogP contribution in [0.5, 0.6) is 0 Å². The van der Waals surface area contributed by atoms with Gasteiger partial charge in [-0.3, -0.25) is 4.79 Å². The third-order valence-corrected chi connectivity index (χ3v) is 3.05. The van der Waals surface area contributed by atoms with E-state index in [0.29, 0.717) is 18.7 Å². The van der Waals surface area contributed by atoms with Gasteiger partial charge >= 0.3 is 6.03 Å². The highest BCUT2D eigenvalue weighted by Crippen LogP contribution is 2.20. The molecule has 0 aromatic heterocycles. The summed E-state index contributed by atoms with van der Waals surface area (Å²) in [7, 11) is 0. The number of carbonyl (C=O) groups is 2. The molecule has 1 saturated heterocycles. The second-order valence-electron chi connectivity index (χ2n) is 4.23. The second-order valence-corrected chi connectivity index (χ2v) is 4.23. The molecule has 90 valence electrons. The van der Waals surface area contributed by atoms with Crippen molar-refractivity contribution in [2.75, 3.05) is 11.4 Å². The summed E-state index contributed by atoms with van der Waals surface area (Å²) in [6.45, 7) is 2.60. The van der Waals surface area contributed by atoms with E-state index in [1.165, 1.54) is 4.90 Å². The van der Waals surface area contributed by atoms with Gasteiger partial charge in [-0.1, -0.05) is 31.5 Å². The van der Waals surface area contributed by atoms with Crippen molar-refractivity contribution >= 4 is 17.6 Å². The summed E-state index contributed by atoms with van der Waals surface area (Å²) in [6, 6.07) is 8.71. The highest BCUT2D eigenvalue weighted by molar-refractivity contribution is 6.14. The molecule has 4 nitrogen and oxygen atoms in total. The first-order valence-electron chi connectivity index (χ1n) is 5.88. The van der Waals surface area contributed by atoms with Crippen molar-refractivity contribution in [3.63, 3.8) is 0 Å². The van der Waals surface area contributed by atoms with Crippen LogP contribution in [-0.4, -0.2) is 18.5 Å². The molecule has 1 aromatic rings. The molecule has 4 heteroatoms. The minimum Gasteiger partial charge on any atom is -0.337 e. The largest absolute Gasteiger partial charge is 0.337 e. The Kier molecular flexibility index (Phi) is 3.42. The standard InChI is InChI=1S/C13H16N2O2/c1-2-10-8-12(16)15(13(17)14-9-10)11-6-4-3-5-7-11/h3-7,10H,2,8-9H2,1H3,(H,14,17). The van der Waals surface area contributed by atoms with Gasteiger partial charge in [0, 0.05) is 13.0 Å². The Bertz CT molecular complexity index is 417. The van der Waals surface area contributed by atoms with E-state index in [4.69, 9.17) is 0 Å². The fourth-order valence-electron chi connectivity index (χ4n) is 1.96. The number of nitrogens with zero attached hydrogens (tertiary/aromatic N) is 1. The van der Waals surface area contributed by atoms with Gasteiger partial charge in [0.05, 0.1) is 5.69 Å². The van der Waals surface area contributed by atoms with E-state index in [0.717, 1.165) is 6.42 Å². The minimum atomic E-state index is -0.322.